The number of benzene rings is 1. The number of morpholine rings is 1. The molecule has 0 spiro atoms. The maximum absolute atomic E-state index is 12.5. The van der Waals surface area contributed by atoms with Crippen molar-refractivity contribution in [3.05, 3.63) is 42.3 Å². The molecule has 1 aromatic carbocycles. The largest absolute Gasteiger partial charge is 0.481 e. The van der Waals surface area contributed by atoms with Crippen LogP contribution in [0.3, 0.4) is 0 Å². The van der Waals surface area contributed by atoms with Gasteiger partial charge in [-0.3, -0.25) is 9.59 Å². The van der Waals surface area contributed by atoms with Crippen LogP contribution in [0.25, 0.3) is 11.5 Å². The number of rotatable bonds is 4. The first-order chi connectivity index (χ1) is 11.1. The second-order valence-corrected chi connectivity index (χ2v) is 5.25. The molecule has 2 aromatic rings. The highest BCUT2D eigenvalue weighted by atomic mass is 16.5. The zero-order valence-corrected chi connectivity index (χ0v) is 12.3. The molecule has 2 heterocycles. The van der Waals surface area contributed by atoms with Gasteiger partial charge in [-0.1, -0.05) is 18.2 Å². The van der Waals surface area contributed by atoms with Crippen LogP contribution in [0.4, 0.5) is 0 Å². The molecule has 1 N–H and O–H groups in total. The van der Waals surface area contributed by atoms with Gasteiger partial charge in [-0.2, -0.15) is 0 Å². The summed E-state index contributed by atoms with van der Waals surface area (Å²) in [6.07, 6.45) is 0.704. The summed E-state index contributed by atoms with van der Waals surface area (Å²) in [6, 6.07) is 9.29. The summed E-state index contributed by atoms with van der Waals surface area (Å²) in [6.45, 7) is 0.953. The van der Waals surface area contributed by atoms with Crippen LogP contribution in [0, 0.1) is 0 Å². The molecule has 0 aliphatic carbocycles. The Morgan fingerprint density at radius 2 is 2.09 bits per heavy atom. The third-order valence-corrected chi connectivity index (χ3v) is 3.57. The number of aromatic nitrogens is 1. The van der Waals surface area contributed by atoms with E-state index in [-0.39, 0.29) is 24.6 Å². The van der Waals surface area contributed by atoms with Gasteiger partial charge in [0.15, 0.2) is 5.69 Å². The summed E-state index contributed by atoms with van der Waals surface area (Å²) in [4.78, 5) is 29.0. The van der Waals surface area contributed by atoms with E-state index in [0.29, 0.717) is 19.0 Å². The van der Waals surface area contributed by atoms with E-state index in [9.17, 15) is 9.59 Å². The highest BCUT2D eigenvalue weighted by Gasteiger charge is 2.28. The van der Waals surface area contributed by atoms with Gasteiger partial charge in [0.2, 0.25) is 5.89 Å². The van der Waals surface area contributed by atoms with Gasteiger partial charge in [0.1, 0.15) is 6.26 Å². The Bertz CT molecular complexity index is 698. The molecule has 120 valence electrons. The first kappa shape index (κ1) is 15.2. The fourth-order valence-corrected chi connectivity index (χ4v) is 2.47. The van der Waals surface area contributed by atoms with E-state index < -0.39 is 12.1 Å². The van der Waals surface area contributed by atoms with Crippen LogP contribution in [0.15, 0.2) is 41.0 Å². The second kappa shape index (κ2) is 6.62. The molecule has 1 aliphatic rings. The molecular weight excluding hydrogens is 300 g/mol. The first-order valence-corrected chi connectivity index (χ1v) is 7.27. The van der Waals surface area contributed by atoms with Crippen molar-refractivity contribution >= 4 is 11.9 Å². The Kier molecular flexibility index (Phi) is 4.38. The predicted molar refractivity (Wildman–Crippen MR) is 79.8 cm³/mol. The van der Waals surface area contributed by atoms with E-state index in [1.54, 1.807) is 4.90 Å². The van der Waals surface area contributed by atoms with Gasteiger partial charge in [0.05, 0.1) is 19.1 Å². The molecule has 0 unspecified atom stereocenters. The van der Waals surface area contributed by atoms with Crippen LogP contribution >= 0.6 is 0 Å². The summed E-state index contributed by atoms with van der Waals surface area (Å²) >= 11 is 0. The Morgan fingerprint density at radius 1 is 1.30 bits per heavy atom. The number of hydrogen-bond acceptors (Lipinski definition) is 5. The zero-order valence-electron chi connectivity index (χ0n) is 12.3. The molecule has 7 heteroatoms. The molecule has 0 radical (unpaired) electrons. The molecule has 7 nitrogen and oxygen atoms in total. The maximum Gasteiger partial charge on any atom is 0.306 e. The molecular formula is C16H16N2O5. The van der Waals surface area contributed by atoms with Crippen molar-refractivity contribution in [3.8, 4) is 11.5 Å². The number of nitrogens with zero attached hydrogens (tertiary/aromatic N) is 2. The Morgan fingerprint density at radius 3 is 2.83 bits per heavy atom. The number of carboxylic acids is 1. The lowest BCUT2D eigenvalue weighted by atomic mass is 10.2. The number of amides is 1. The Hall–Kier alpha value is -2.67. The van der Waals surface area contributed by atoms with E-state index in [2.05, 4.69) is 4.98 Å². The molecule has 1 amide bonds. The normalized spacial score (nSPS) is 17.9. The van der Waals surface area contributed by atoms with Crippen molar-refractivity contribution in [2.24, 2.45) is 0 Å². The van der Waals surface area contributed by atoms with Crippen LogP contribution in [-0.4, -0.2) is 52.7 Å². The molecule has 1 aliphatic heterocycles. The van der Waals surface area contributed by atoms with Gasteiger partial charge in [-0.05, 0) is 12.1 Å². The van der Waals surface area contributed by atoms with Gasteiger partial charge >= 0.3 is 5.97 Å². The fourth-order valence-electron chi connectivity index (χ4n) is 2.47. The first-order valence-electron chi connectivity index (χ1n) is 7.27. The summed E-state index contributed by atoms with van der Waals surface area (Å²) in [5.74, 6) is -0.851. The lowest BCUT2D eigenvalue weighted by Gasteiger charge is -2.31. The number of carbonyl (C=O) groups is 2. The molecule has 1 saturated heterocycles. The van der Waals surface area contributed by atoms with Gasteiger partial charge in [0.25, 0.3) is 5.91 Å². The number of hydrogen-bond donors (Lipinski definition) is 1. The fraction of sp³-hybridized carbons (Fsp3) is 0.312. The van der Waals surface area contributed by atoms with E-state index in [4.69, 9.17) is 14.3 Å². The molecule has 0 saturated carbocycles. The maximum atomic E-state index is 12.5. The third-order valence-electron chi connectivity index (χ3n) is 3.57. The Balaban J connectivity index is 1.71. The zero-order chi connectivity index (χ0) is 16.2. The van der Waals surface area contributed by atoms with Crippen molar-refractivity contribution < 1.29 is 23.8 Å². The van der Waals surface area contributed by atoms with E-state index in [1.165, 1.54) is 6.26 Å². The van der Waals surface area contributed by atoms with E-state index >= 15 is 0 Å². The average Bonchev–Trinajstić information content (AvgIpc) is 3.04. The smallest absolute Gasteiger partial charge is 0.306 e. The number of carbonyl (C=O) groups excluding carboxylic acids is 1. The monoisotopic (exact) mass is 316 g/mol. The molecule has 1 aromatic heterocycles. The standard InChI is InChI=1S/C16H16N2O5/c19-14(20)8-12-9-18(6-7-22-12)16(21)13-10-23-15(17-13)11-4-2-1-3-5-11/h1-5,10,12H,6-9H2,(H,19,20)/t12-/m0/s1. The number of aliphatic carboxylic acids is 1. The van der Waals surface area contributed by atoms with Gasteiger partial charge in [0, 0.05) is 18.7 Å². The van der Waals surface area contributed by atoms with Crippen LogP contribution in [-0.2, 0) is 9.53 Å². The van der Waals surface area contributed by atoms with Gasteiger partial charge < -0.3 is 19.2 Å². The molecule has 23 heavy (non-hydrogen) atoms. The quantitative estimate of drug-likeness (QED) is 0.922. The van der Waals surface area contributed by atoms with Crippen molar-refractivity contribution in [1.29, 1.82) is 0 Å². The van der Waals surface area contributed by atoms with Crippen molar-refractivity contribution in [2.75, 3.05) is 19.7 Å². The third kappa shape index (κ3) is 3.57. The molecule has 1 fully saturated rings. The van der Waals surface area contributed by atoms with Crippen molar-refractivity contribution in [1.82, 2.24) is 9.88 Å². The SMILES string of the molecule is O=C(O)C[C@H]1CN(C(=O)c2coc(-c3ccccc3)n2)CCO1. The molecule has 1 atom stereocenters. The van der Waals surface area contributed by atoms with Crippen molar-refractivity contribution in [2.45, 2.75) is 12.5 Å². The van der Waals surface area contributed by atoms with Crippen LogP contribution in [0.2, 0.25) is 0 Å². The lowest BCUT2D eigenvalue weighted by Crippen LogP contribution is -2.46. The lowest BCUT2D eigenvalue weighted by molar-refractivity contribution is -0.141. The summed E-state index contributed by atoms with van der Waals surface area (Å²) in [5.41, 5.74) is 0.997. The topological polar surface area (TPSA) is 92.9 Å². The minimum Gasteiger partial charge on any atom is -0.481 e. The van der Waals surface area contributed by atoms with E-state index in [0.717, 1.165) is 5.56 Å². The summed E-state index contributed by atoms with van der Waals surface area (Å²) < 4.78 is 10.7. The highest BCUT2D eigenvalue weighted by molar-refractivity contribution is 5.92. The predicted octanol–water partition coefficient (Wildman–Crippen LogP) is 1.66. The second-order valence-electron chi connectivity index (χ2n) is 5.25. The summed E-state index contributed by atoms with van der Waals surface area (Å²) in [7, 11) is 0. The average molecular weight is 316 g/mol. The molecule has 3 rings (SSSR count). The van der Waals surface area contributed by atoms with Crippen LogP contribution in [0.5, 0.6) is 0 Å². The van der Waals surface area contributed by atoms with Crippen LogP contribution in [0.1, 0.15) is 16.9 Å². The molecule has 0 bridgehead atoms. The highest BCUT2D eigenvalue weighted by Crippen LogP contribution is 2.19. The minimum atomic E-state index is -0.947. The van der Waals surface area contributed by atoms with Crippen LogP contribution < -0.4 is 0 Å². The minimum absolute atomic E-state index is 0.127. The Labute approximate surface area is 132 Å². The number of oxazole rings is 1. The van der Waals surface area contributed by atoms with Crippen molar-refractivity contribution in [3.63, 3.8) is 0 Å². The van der Waals surface area contributed by atoms with Gasteiger partial charge in [-0.25, -0.2) is 4.98 Å². The summed E-state index contributed by atoms with van der Waals surface area (Å²) in [5, 5.41) is 8.83. The number of carboxylic acid groups (broad SMARTS) is 1. The van der Waals surface area contributed by atoms with E-state index in [1.807, 2.05) is 30.3 Å². The number of ether oxygens (including phenoxy) is 1. The van der Waals surface area contributed by atoms with Gasteiger partial charge in [-0.15, -0.1) is 0 Å².